The quantitative estimate of drug-likeness (QED) is 0.742. The first-order chi connectivity index (χ1) is 9.08. The molecule has 4 heteroatoms. The number of aromatic hydroxyl groups is 1. The minimum atomic E-state index is -0.211. The van der Waals surface area contributed by atoms with Gasteiger partial charge in [0.15, 0.2) is 0 Å². The molecule has 0 aromatic heterocycles. The van der Waals surface area contributed by atoms with Gasteiger partial charge >= 0.3 is 0 Å². The van der Waals surface area contributed by atoms with Gasteiger partial charge in [-0.15, -0.1) is 0 Å². The summed E-state index contributed by atoms with van der Waals surface area (Å²) < 4.78 is 0. The molecular formula is C15H24N2O2. The number of aryl methyl sites for hydroxylation is 1. The van der Waals surface area contributed by atoms with Crippen LogP contribution in [0.25, 0.3) is 0 Å². The fourth-order valence-electron chi connectivity index (χ4n) is 1.97. The number of phenolic OH excluding ortho intramolecular Hbond substituents is 1. The number of phenols is 1. The predicted molar refractivity (Wildman–Crippen MR) is 77.6 cm³/mol. The molecule has 4 nitrogen and oxygen atoms in total. The Kier molecular flexibility index (Phi) is 6.36. The molecule has 0 saturated heterocycles. The number of rotatable bonds is 7. The van der Waals surface area contributed by atoms with Crippen LogP contribution in [0.15, 0.2) is 18.2 Å². The van der Waals surface area contributed by atoms with E-state index in [0.29, 0.717) is 12.1 Å². The number of hydrogen-bond acceptors (Lipinski definition) is 3. The van der Waals surface area contributed by atoms with Crippen LogP contribution in [0, 0.1) is 6.92 Å². The molecule has 0 radical (unpaired) electrons. The largest absolute Gasteiger partial charge is 0.507 e. The second kappa shape index (κ2) is 7.79. The smallest absolute Gasteiger partial charge is 0.255 e. The first kappa shape index (κ1) is 15.5. The number of nitrogens with zero attached hydrogens (tertiary/aromatic N) is 1. The van der Waals surface area contributed by atoms with Gasteiger partial charge in [-0.2, -0.15) is 0 Å². The van der Waals surface area contributed by atoms with Gasteiger partial charge in [0.05, 0.1) is 5.56 Å². The van der Waals surface area contributed by atoms with E-state index in [1.807, 2.05) is 13.0 Å². The summed E-state index contributed by atoms with van der Waals surface area (Å²) in [5.74, 6) is -0.168. The summed E-state index contributed by atoms with van der Waals surface area (Å²) in [6.07, 6.45) is 0.917. The highest BCUT2D eigenvalue weighted by Crippen LogP contribution is 2.17. The molecule has 1 aromatic carbocycles. The van der Waals surface area contributed by atoms with Gasteiger partial charge in [0, 0.05) is 6.54 Å². The molecular weight excluding hydrogens is 240 g/mol. The molecule has 0 atom stereocenters. The van der Waals surface area contributed by atoms with Gasteiger partial charge in [0.1, 0.15) is 5.75 Å². The second-order valence-corrected chi connectivity index (χ2v) is 4.66. The van der Waals surface area contributed by atoms with E-state index in [1.54, 1.807) is 12.1 Å². The molecule has 1 aromatic rings. The topological polar surface area (TPSA) is 52.6 Å². The van der Waals surface area contributed by atoms with E-state index in [0.717, 1.165) is 31.6 Å². The summed E-state index contributed by atoms with van der Waals surface area (Å²) >= 11 is 0. The van der Waals surface area contributed by atoms with Crippen LogP contribution in [0.5, 0.6) is 5.75 Å². The Morgan fingerprint density at radius 1 is 1.32 bits per heavy atom. The Balaban J connectivity index is 2.39. The molecule has 2 N–H and O–H groups in total. The number of benzene rings is 1. The van der Waals surface area contributed by atoms with Crippen molar-refractivity contribution in [2.75, 3.05) is 26.2 Å². The summed E-state index contributed by atoms with van der Waals surface area (Å²) in [5.41, 5.74) is 1.28. The lowest BCUT2D eigenvalue weighted by Crippen LogP contribution is -2.29. The molecule has 0 unspecified atom stereocenters. The lowest BCUT2D eigenvalue weighted by Gasteiger charge is -2.17. The Hall–Kier alpha value is -1.55. The first-order valence-electron chi connectivity index (χ1n) is 6.88. The van der Waals surface area contributed by atoms with Crippen LogP contribution in [0.2, 0.25) is 0 Å². The highest BCUT2D eigenvalue weighted by atomic mass is 16.3. The number of nitrogens with one attached hydrogen (secondary N) is 1. The zero-order valence-corrected chi connectivity index (χ0v) is 12.1. The number of hydrogen-bond donors (Lipinski definition) is 2. The lowest BCUT2D eigenvalue weighted by molar-refractivity contribution is 0.0949. The van der Waals surface area contributed by atoms with Crippen LogP contribution in [-0.4, -0.2) is 42.1 Å². The fraction of sp³-hybridized carbons (Fsp3) is 0.533. The van der Waals surface area contributed by atoms with Crippen molar-refractivity contribution in [1.82, 2.24) is 10.2 Å². The third kappa shape index (κ3) is 4.91. The molecule has 106 valence electrons. The maximum Gasteiger partial charge on any atom is 0.255 e. The highest BCUT2D eigenvalue weighted by molar-refractivity contribution is 5.96. The summed E-state index contributed by atoms with van der Waals surface area (Å²) in [5, 5.41) is 12.6. The standard InChI is InChI=1S/C15H24N2O2/c1-4-17(5-2)10-6-9-16-15(19)13-8-7-12(3)11-14(13)18/h7-8,11,18H,4-6,9-10H2,1-3H3,(H,16,19). The van der Waals surface area contributed by atoms with E-state index in [4.69, 9.17) is 0 Å². The highest BCUT2D eigenvalue weighted by Gasteiger charge is 2.10. The Morgan fingerprint density at radius 2 is 2.00 bits per heavy atom. The number of carbonyl (C=O) groups is 1. The first-order valence-corrected chi connectivity index (χ1v) is 6.88. The molecule has 0 heterocycles. The molecule has 0 spiro atoms. The van der Waals surface area contributed by atoms with Crippen LogP contribution in [0.3, 0.4) is 0 Å². The number of carbonyl (C=O) groups excluding carboxylic acids is 1. The second-order valence-electron chi connectivity index (χ2n) is 4.66. The van der Waals surface area contributed by atoms with Crippen molar-refractivity contribution in [2.45, 2.75) is 27.2 Å². The van der Waals surface area contributed by atoms with E-state index in [-0.39, 0.29) is 11.7 Å². The Labute approximate surface area is 115 Å². The average Bonchev–Trinajstić information content (AvgIpc) is 2.38. The van der Waals surface area contributed by atoms with Gasteiger partial charge in [-0.1, -0.05) is 19.9 Å². The van der Waals surface area contributed by atoms with E-state index in [9.17, 15) is 9.90 Å². The van der Waals surface area contributed by atoms with Crippen molar-refractivity contribution >= 4 is 5.91 Å². The van der Waals surface area contributed by atoms with Gasteiger partial charge in [0.25, 0.3) is 5.91 Å². The third-order valence-corrected chi connectivity index (χ3v) is 3.23. The summed E-state index contributed by atoms with van der Waals surface area (Å²) in [7, 11) is 0. The summed E-state index contributed by atoms with van der Waals surface area (Å²) in [6.45, 7) is 9.81. The van der Waals surface area contributed by atoms with Gasteiger partial charge in [0.2, 0.25) is 0 Å². The van der Waals surface area contributed by atoms with E-state index < -0.39 is 0 Å². The molecule has 0 bridgehead atoms. The van der Waals surface area contributed by atoms with Crippen molar-refractivity contribution in [3.05, 3.63) is 29.3 Å². The molecule has 1 amide bonds. The third-order valence-electron chi connectivity index (χ3n) is 3.23. The zero-order chi connectivity index (χ0) is 14.3. The van der Waals surface area contributed by atoms with Crippen molar-refractivity contribution < 1.29 is 9.90 Å². The van der Waals surface area contributed by atoms with Crippen molar-refractivity contribution in [3.63, 3.8) is 0 Å². The molecule has 1 rings (SSSR count). The van der Waals surface area contributed by atoms with Gasteiger partial charge < -0.3 is 15.3 Å². The van der Waals surface area contributed by atoms with Crippen molar-refractivity contribution in [3.8, 4) is 5.75 Å². The molecule has 0 saturated carbocycles. The average molecular weight is 264 g/mol. The maximum atomic E-state index is 11.9. The molecule has 0 aliphatic rings. The van der Waals surface area contributed by atoms with Crippen LogP contribution in [0.4, 0.5) is 0 Å². The van der Waals surface area contributed by atoms with Crippen molar-refractivity contribution in [2.24, 2.45) is 0 Å². The van der Waals surface area contributed by atoms with E-state index >= 15 is 0 Å². The predicted octanol–water partition coefficient (Wildman–Crippen LogP) is 2.16. The zero-order valence-electron chi connectivity index (χ0n) is 12.1. The Morgan fingerprint density at radius 3 is 2.58 bits per heavy atom. The van der Waals surface area contributed by atoms with Crippen LogP contribution in [0.1, 0.15) is 36.2 Å². The maximum absolute atomic E-state index is 11.9. The van der Waals surface area contributed by atoms with Crippen molar-refractivity contribution in [1.29, 1.82) is 0 Å². The van der Waals surface area contributed by atoms with Gasteiger partial charge in [-0.25, -0.2) is 0 Å². The van der Waals surface area contributed by atoms with Crippen LogP contribution < -0.4 is 5.32 Å². The molecule has 0 fully saturated rings. The van der Waals surface area contributed by atoms with E-state index in [1.165, 1.54) is 0 Å². The molecule has 0 aliphatic carbocycles. The normalized spacial score (nSPS) is 10.7. The molecule has 19 heavy (non-hydrogen) atoms. The minimum absolute atomic E-state index is 0.0428. The summed E-state index contributed by atoms with van der Waals surface area (Å²) in [6, 6.07) is 5.08. The van der Waals surface area contributed by atoms with Crippen LogP contribution >= 0.6 is 0 Å². The van der Waals surface area contributed by atoms with Crippen LogP contribution in [-0.2, 0) is 0 Å². The number of amides is 1. The Bertz CT molecular complexity index is 415. The lowest BCUT2D eigenvalue weighted by atomic mass is 10.1. The van der Waals surface area contributed by atoms with Gasteiger partial charge in [-0.3, -0.25) is 4.79 Å². The fourth-order valence-corrected chi connectivity index (χ4v) is 1.97. The minimum Gasteiger partial charge on any atom is -0.507 e. The molecule has 0 aliphatic heterocycles. The summed E-state index contributed by atoms with van der Waals surface area (Å²) in [4.78, 5) is 14.2. The monoisotopic (exact) mass is 264 g/mol. The SMILES string of the molecule is CCN(CC)CCCNC(=O)c1ccc(C)cc1O. The van der Waals surface area contributed by atoms with Gasteiger partial charge in [-0.05, 0) is 50.7 Å². The van der Waals surface area contributed by atoms with E-state index in [2.05, 4.69) is 24.1 Å².